The highest BCUT2D eigenvalue weighted by atomic mass is 16.4. The zero-order chi connectivity index (χ0) is 10.4. The quantitative estimate of drug-likeness (QED) is 0.637. The monoisotopic (exact) mass is 188 g/mol. The predicted molar refractivity (Wildman–Crippen MR) is 52.6 cm³/mol. The molecule has 4 heteroatoms. The van der Waals surface area contributed by atoms with E-state index in [1.165, 1.54) is 0 Å². The second kappa shape index (κ2) is 5.94. The van der Waals surface area contributed by atoms with Gasteiger partial charge in [0, 0.05) is 6.04 Å². The molecular weight excluding hydrogens is 168 g/mol. The van der Waals surface area contributed by atoms with Crippen LogP contribution in [0.15, 0.2) is 0 Å². The molecular formula is C9H20N2O2. The van der Waals surface area contributed by atoms with Crippen molar-refractivity contribution in [2.75, 3.05) is 13.1 Å². The molecule has 0 saturated heterocycles. The molecule has 78 valence electrons. The summed E-state index contributed by atoms with van der Waals surface area (Å²) in [5.41, 5.74) is 5.37. The number of aliphatic carboxylic acids is 1. The summed E-state index contributed by atoms with van der Waals surface area (Å²) in [6.45, 7) is 7.12. The maximum absolute atomic E-state index is 10.9. The smallest absolute Gasteiger partial charge is 0.320 e. The fourth-order valence-corrected chi connectivity index (χ4v) is 1.53. The molecule has 0 spiro atoms. The Hall–Kier alpha value is -0.610. The molecule has 0 amide bonds. The SMILES string of the molecule is CCN(C(C)C)C(CCN)C(=O)O. The molecule has 0 aromatic carbocycles. The van der Waals surface area contributed by atoms with Crippen LogP contribution in [0, 0.1) is 0 Å². The fourth-order valence-electron chi connectivity index (χ4n) is 1.53. The van der Waals surface area contributed by atoms with Gasteiger partial charge in [-0.25, -0.2) is 0 Å². The van der Waals surface area contributed by atoms with Crippen LogP contribution in [0.5, 0.6) is 0 Å². The van der Waals surface area contributed by atoms with Gasteiger partial charge in [-0.2, -0.15) is 0 Å². The third-order valence-corrected chi connectivity index (χ3v) is 2.15. The molecule has 4 nitrogen and oxygen atoms in total. The molecule has 13 heavy (non-hydrogen) atoms. The van der Waals surface area contributed by atoms with E-state index in [1.54, 1.807) is 0 Å². The second-order valence-corrected chi connectivity index (χ2v) is 3.36. The van der Waals surface area contributed by atoms with Gasteiger partial charge in [-0.05, 0) is 33.4 Å². The number of carboxylic acid groups (broad SMARTS) is 1. The summed E-state index contributed by atoms with van der Waals surface area (Å²) in [4.78, 5) is 12.8. The average Bonchev–Trinajstić information content (AvgIpc) is 2.03. The Kier molecular flexibility index (Phi) is 5.66. The average molecular weight is 188 g/mol. The van der Waals surface area contributed by atoms with Crippen LogP contribution >= 0.6 is 0 Å². The molecule has 0 aliphatic carbocycles. The fraction of sp³-hybridized carbons (Fsp3) is 0.889. The largest absolute Gasteiger partial charge is 0.480 e. The van der Waals surface area contributed by atoms with Crippen molar-refractivity contribution >= 4 is 5.97 Å². The lowest BCUT2D eigenvalue weighted by atomic mass is 10.1. The summed E-state index contributed by atoms with van der Waals surface area (Å²) in [6.07, 6.45) is 0.515. The van der Waals surface area contributed by atoms with E-state index in [0.29, 0.717) is 13.0 Å². The highest BCUT2D eigenvalue weighted by molar-refractivity contribution is 5.73. The van der Waals surface area contributed by atoms with Gasteiger partial charge in [0.1, 0.15) is 6.04 Å². The van der Waals surface area contributed by atoms with Gasteiger partial charge in [-0.1, -0.05) is 6.92 Å². The first-order valence-corrected chi connectivity index (χ1v) is 4.73. The first-order valence-electron chi connectivity index (χ1n) is 4.73. The molecule has 0 aliphatic rings. The van der Waals surface area contributed by atoms with Gasteiger partial charge < -0.3 is 10.8 Å². The zero-order valence-corrected chi connectivity index (χ0v) is 8.66. The van der Waals surface area contributed by atoms with Gasteiger partial charge in [0.2, 0.25) is 0 Å². The highest BCUT2D eigenvalue weighted by Gasteiger charge is 2.25. The summed E-state index contributed by atoms with van der Waals surface area (Å²) < 4.78 is 0. The van der Waals surface area contributed by atoms with E-state index >= 15 is 0 Å². The van der Waals surface area contributed by atoms with E-state index in [4.69, 9.17) is 10.8 Å². The van der Waals surface area contributed by atoms with Gasteiger partial charge in [-0.3, -0.25) is 9.69 Å². The number of carboxylic acids is 1. The number of hydrogen-bond donors (Lipinski definition) is 2. The zero-order valence-electron chi connectivity index (χ0n) is 8.66. The molecule has 0 saturated carbocycles. The van der Waals surface area contributed by atoms with Gasteiger partial charge in [0.05, 0.1) is 0 Å². The third-order valence-electron chi connectivity index (χ3n) is 2.15. The number of nitrogens with two attached hydrogens (primary N) is 1. The molecule has 0 aliphatic heterocycles. The summed E-state index contributed by atoms with van der Waals surface area (Å²) >= 11 is 0. The lowest BCUT2D eigenvalue weighted by Gasteiger charge is -2.30. The standard InChI is InChI=1S/C9H20N2O2/c1-4-11(7(2)3)8(5-6-10)9(12)13/h7-8H,4-6,10H2,1-3H3,(H,12,13). The van der Waals surface area contributed by atoms with Crippen LogP contribution in [-0.4, -0.2) is 41.1 Å². The first kappa shape index (κ1) is 12.4. The van der Waals surface area contributed by atoms with Crippen molar-refractivity contribution in [2.45, 2.75) is 39.3 Å². The Labute approximate surface area is 79.7 Å². The van der Waals surface area contributed by atoms with Crippen LogP contribution < -0.4 is 5.73 Å². The minimum atomic E-state index is -0.777. The van der Waals surface area contributed by atoms with Crippen LogP contribution in [0.1, 0.15) is 27.2 Å². The van der Waals surface area contributed by atoms with Crippen molar-refractivity contribution in [1.29, 1.82) is 0 Å². The Morgan fingerprint density at radius 1 is 1.54 bits per heavy atom. The number of rotatable bonds is 6. The van der Waals surface area contributed by atoms with Gasteiger partial charge >= 0.3 is 5.97 Å². The maximum Gasteiger partial charge on any atom is 0.320 e. The Bertz CT molecular complexity index is 160. The van der Waals surface area contributed by atoms with Crippen molar-refractivity contribution in [3.63, 3.8) is 0 Å². The second-order valence-electron chi connectivity index (χ2n) is 3.36. The molecule has 0 heterocycles. The topological polar surface area (TPSA) is 66.6 Å². The van der Waals surface area contributed by atoms with E-state index in [9.17, 15) is 4.79 Å². The molecule has 3 N–H and O–H groups in total. The number of carbonyl (C=O) groups is 1. The number of likely N-dealkylation sites (N-methyl/N-ethyl adjacent to an activating group) is 1. The van der Waals surface area contributed by atoms with Crippen LogP contribution in [0.3, 0.4) is 0 Å². The maximum atomic E-state index is 10.9. The van der Waals surface area contributed by atoms with Gasteiger partial charge in [-0.15, -0.1) is 0 Å². The predicted octanol–water partition coefficient (Wildman–Crippen LogP) is 0.519. The molecule has 1 unspecified atom stereocenters. The van der Waals surface area contributed by atoms with Gasteiger partial charge in [0.15, 0.2) is 0 Å². The number of hydrogen-bond acceptors (Lipinski definition) is 3. The van der Waals surface area contributed by atoms with E-state index in [0.717, 1.165) is 6.54 Å². The summed E-state index contributed by atoms with van der Waals surface area (Å²) in [6, 6.07) is -0.187. The van der Waals surface area contributed by atoms with Crippen molar-refractivity contribution < 1.29 is 9.90 Å². The van der Waals surface area contributed by atoms with E-state index in [-0.39, 0.29) is 6.04 Å². The lowest BCUT2D eigenvalue weighted by molar-refractivity contribution is -0.144. The third kappa shape index (κ3) is 3.74. The molecule has 0 aromatic heterocycles. The normalized spacial score (nSPS) is 13.7. The van der Waals surface area contributed by atoms with Crippen molar-refractivity contribution in [3.05, 3.63) is 0 Å². The molecule has 0 fully saturated rings. The molecule has 0 radical (unpaired) electrons. The van der Waals surface area contributed by atoms with E-state index < -0.39 is 12.0 Å². The Morgan fingerprint density at radius 2 is 2.08 bits per heavy atom. The molecule has 0 bridgehead atoms. The highest BCUT2D eigenvalue weighted by Crippen LogP contribution is 2.08. The van der Waals surface area contributed by atoms with Crippen molar-refractivity contribution in [2.24, 2.45) is 5.73 Å². The minimum Gasteiger partial charge on any atom is -0.480 e. The summed E-state index contributed by atoms with van der Waals surface area (Å²) in [5.74, 6) is -0.777. The van der Waals surface area contributed by atoms with E-state index in [1.807, 2.05) is 25.7 Å². The van der Waals surface area contributed by atoms with Crippen LogP contribution in [0.2, 0.25) is 0 Å². The summed E-state index contributed by atoms with van der Waals surface area (Å²) in [5, 5.41) is 8.96. The van der Waals surface area contributed by atoms with Crippen LogP contribution in [0.25, 0.3) is 0 Å². The lowest BCUT2D eigenvalue weighted by Crippen LogP contribution is -2.46. The number of nitrogens with zero attached hydrogens (tertiary/aromatic N) is 1. The molecule has 0 aromatic rings. The van der Waals surface area contributed by atoms with E-state index in [2.05, 4.69) is 0 Å². The minimum absolute atomic E-state index is 0.248. The Balaban J connectivity index is 4.38. The van der Waals surface area contributed by atoms with Crippen molar-refractivity contribution in [1.82, 2.24) is 4.90 Å². The Morgan fingerprint density at radius 3 is 2.31 bits per heavy atom. The van der Waals surface area contributed by atoms with Gasteiger partial charge in [0.25, 0.3) is 0 Å². The first-order chi connectivity index (χ1) is 6.04. The van der Waals surface area contributed by atoms with Crippen molar-refractivity contribution in [3.8, 4) is 0 Å². The molecule has 0 rings (SSSR count). The van der Waals surface area contributed by atoms with Crippen LogP contribution in [0.4, 0.5) is 0 Å². The summed E-state index contributed by atoms with van der Waals surface area (Å²) in [7, 11) is 0. The van der Waals surface area contributed by atoms with Crippen LogP contribution in [-0.2, 0) is 4.79 Å². The molecule has 1 atom stereocenters.